The van der Waals surface area contributed by atoms with Crippen molar-refractivity contribution in [2.24, 2.45) is 5.92 Å². The first kappa shape index (κ1) is 17.3. The molecule has 1 aromatic rings. The molecule has 0 aromatic heterocycles. The van der Waals surface area contributed by atoms with E-state index in [1.165, 1.54) is 32.4 Å². The number of aliphatic carboxylic acids is 1. The second-order valence-electron chi connectivity index (χ2n) is 4.31. The van der Waals surface area contributed by atoms with Crippen LogP contribution in [0.3, 0.4) is 0 Å². The second-order valence-corrected chi connectivity index (χ2v) is 6.08. The van der Waals surface area contributed by atoms with Crippen molar-refractivity contribution in [1.29, 1.82) is 0 Å². The lowest BCUT2D eigenvalue weighted by atomic mass is 10.1. The van der Waals surface area contributed by atoms with Crippen LogP contribution >= 0.6 is 0 Å². The Morgan fingerprint density at radius 3 is 2.38 bits per heavy atom. The average Bonchev–Trinajstić information content (AvgIpc) is 2.46. The van der Waals surface area contributed by atoms with E-state index in [0.29, 0.717) is 12.2 Å². The Morgan fingerprint density at radius 1 is 1.29 bits per heavy atom. The Bertz CT molecular complexity index is 599. The zero-order valence-electron chi connectivity index (χ0n) is 12.1. The van der Waals surface area contributed by atoms with Gasteiger partial charge in [-0.2, -0.15) is 0 Å². The molecule has 0 spiro atoms. The van der Waals surface area contributed by atoms with Crippen LogP contribution in [-0.4, -0.2) is 40.3 Å². The minimum absolute atomic E-state index is 0.0135. The molecule has 0 bridgehead atoms. The molecule has 0 aliphatic heterocycles. The summed E-state index contributed by atoms with van der Waals surface area (Å²) in [5.74, 6) is -1.11. The molecule has 1 rings (SSSR count). The lowest BCUT2D eigenvalue weighted by Gasteiger charge is -2.13. The van der Waals surface area contributed by atoms with E-state index in [2.05, 4.69) is 4.72 Å². The molecule has 118 valence electrons. The van der Waals surface area contributed by atoms with Crippen LogP contribution in [0.4, 0.5) is 0 Å². The van der Waals surface area contributed by atoms with Gasteiger partial charge in [0.1, 0.15) is 0 Å². The molecule has 21 heavy (non-hydrogen) atoms. The molecule has 7 nitrogen and oxygen atoms in total. The highest BCUT2D eigenvalue weighted by atomic mass is 32.2. The summed E-state index contributed by atoms with van der Waals surface area (Å²) in [6, 6.07) is 4.16. The van der Waals surface area contributed by atoms with Gasteiger partial charge in [-0.25, -0.2) is 13.1 Å². The number of sulfonamides is 1. The van der Waals surface area contributed by atoms with Crippen molar-refractivity contribution < 1.29 is 27.8 Å². The van der Waals surface area contributed by atoms with E-state index >= 15 is 0 Å². The summed E-state index contributed by atoms with van der Waals surface area (Å²) in [4.78, 5) is 10.9. The molecule has 0 aliphatic carbocycles. The monoisotopic (exact) mass is 317 g/mol. The van der Waals surface area contributed by atoms with Crippen molar-refractivity contribution in [2.75, 3.05) is 20.8 Å². The van der Waals surface area contributed by atoms with Crippen molar-refractivity contribution in [3.8, 4) is 11.5 Å². The van der Waals surface area contributed by atoms with Crippen LogP contribution in [0, 0.1) is 5.92 Å². The molecule has 2 N–H and O–H groups in total. The van der Waals surface area contributed by atoms with Gasteiger partial charge in [0.25, 0.3) is 0 Å². The molecule has 0 saturated heterocycles. The Labute approximate surface area is 123 Å². The zero-order chi connectivity index (χ0) is 16.0. The summed E-state index contributed by atoms with van der Waals surface area (Å²) in [7, 11) is -0.956. The fourth-order valence-electron chi connectivity index (χ4n) is 1.68. The number of benzene rings is 1. The van der Waals surface area contributed by atoms with Crippen molar-refractivity contribution >= 4 is 16.0 Å². The fourth-order valence-corrected chi connectivity index (χ4v) is 2.78. The van der Waals surface area contributed by atoms with Gasteiger partial charge in [0.2, 0.25) is 10.0 Å². The molecule has 0 heterocycles. The minimum atomic E-state index is -3.81. The molecule has 1 atom stereocenters. The molecule has 1 unspecified atom stereocenters. The summed E-state index contributed by atoms with van der Waals surface area (Å²) in [5.41, 5.74) is 0. The largest absolute Gasteiger partial charge is 0.493 e. The third-order valence-electron chi connectivity index (χ3n) is 3.03. The normalized spacial score (nSPS) is 12.7. The number of hydrogen-bond donors (Lipinski definition) is 2. The number of carboxylic acids is 1. The number of methoxy groups -OCH3 is 2. The van der Waals surface area contributed by atoms with Crippen LogP contribution in [0.1, 0.15) is 13.3 Å². The molecule has 0 amide bonds. The van der Waals surface area contributed by atoms with Crippen LogP contribution in [-0.2, 0) is 14.8 Å². The van der Waals surface area contributed by atoms with Gasteiger partial charge < -0.3 is 14.6 Å². The molecular weight excluding hydrogens is 298 g/mol. The highest BCUT2D eigenvalue weighted by Crippen LogP contribution is 2.29. The van der Waals surface area contributed by atoms with Crippen LogP contribution < -0.4 is 14.2 Å². The molecule has 0 aliphatic rings. The quantitative estimate of drug-likeness (QED) is 0.744. The van der Waals surface area contributed by atoms with Crippen molar-refractivity contribution in [3.63, 3.8) is 0 Å². The first-order valence-electron chi connectivity index (χ1n) is 6.30. The van der Waals surface area contributed by atoms with E-state index in [1.807, 2.05) is 0 Å². The van der Waals surface area contributed by atoms with E-state index in [-0.39, 0.29) is 17.2 Å². The average molecular weight is 317 g/mol. The number of carboxylic acid groups (broad SMARTS) is 1. The Morgan fingerprint density at radius 2 is 1.90 bits per heavy atom. The SMILES string of the molecule is CCC(CNS(=O)(=O)c1ccc(OC)c(OC)c1)C(=O)O. The molecule has 0 fully saturated rings. The summed E-state index contributed by atoms with van der Waals surface area (Å²) in [6.45, 7) is 1.52. The Kier molecular flexibility index (Phi) is 5.98. The molecule has 1 aromatic carbocycles. The van der Waals surface area contributed by atoms with E-state index < -0.39 is 21.9 Å². The number of nitrogens with one attached hydrogen (secondary N) is 1. The van der Waals surface area contributed by atoms with Gasteiger partial charge in [-0.05, 0) is 18.6 Å². The summed E-state index contributed by atoms with van der Waals surface area (Å²) < 4.78 is 36.7. The fraction of sp³-hybridized carbons (Fsp3) is 0.462. The van der Waals surface area contributed by atoms with Crippen molar-refractivity contribution in [1.82, 2.24) is 4.72 Å². The van der Waals surface area contributed by atoms with E-state index in [1.54, 1.807) is 6.92 Å². The predicted octanol–water partition coefficient (Wildman–Crippen LogP) is 1.09. The molecule has 0 saturated carbocycles. The topological polar surface area (TPSA) is 102 Å². The first-order chi connectivity index (χ1) is 9.85. The van der Waals surface area contributed by atoms with Gasteiger partial charge in [0.15, 0.2) is 11.5 Å². The number of hydrogen-bond acceptors (Lipinski definition) is 5. The lowest BCUT2D eigenvalue weighted by Crippen LogP contribution is -2.32. The molecule has 0 radical (unpaired) electrons. The second kappa shape index (κ2) is 7.28. The Hall–Kier alpha value is -1.80. The summed E-state index contributed by atoms with van der Waals surface area (Å²) in [5, 5.41) is 8.92. The predicted molar refractivity (Wildman–Crippen MR) is 76.2 cm³/mol. The van der Waals surface area contributed by atoms with Crippen LogP contribution in [0.25, 0.3) is 0 Å². The zero-order valence-corrected chi connectivity index (χ0v) is 12.9. The van der Waals surface area contributed by atoms with Crippen molar-refractivity contribution in [3.05, 3.63) is 18.2 Å². The number of carbonyl (C=O) groups is 1. The third-order valence-corrected chi connectivity index (χ3v) is 4.45. The lowest BCUT2D eigenvalue weighted by molar-refractivity contribution is -0.141. The Balaban J connectivity index is 2.95. The maximum absolute atomic E-state index is 12.1. The summed E-state index contributed by atoms with van der Waals surface area (Å²) >= 11 is 0. The third kappa shape index (κ3) is 4.33. The smallest absolute Gasteiger partial charge is 0.307 e. The highest BCUT2D eigenvalue weighted by Gasteiger charge is 2.21. The van der Waals surface area contributed by atoms with Gasteiger partial charge in [-0.15, -0.1) is 0 Å². The van der Waals surface area contributed by atoms with E-state index in [4.69, 9.17) is 14.6 Å². The molecular formula is C13H19NO6S. The summed E-state index contributed by atoms with van der Waals surface area (Å²) in [6.07, 6.45) is 0.337. The van der Waals surface area contributed by atoms with E-state index in [0.717, 1.165) is 0 Å². The number of ether oxygens (including phenoxy) is 2. The van der Waals surface area contributed by atoms with Gasteiger partial charge in [-0.3, -0.25) is 4.79 Å². The van der Waals surface area contributed by atoms with Gasteiger partial charge >= 0.3 is 5.97 Å². The van der Waals surface area contributed by atoms with Crippen LogP contribution in [0.2, 0.25) is 0 Å². The minimum Gasteiger partial charge on any atom is -0.493 e. The standard InChI is InChI=1S/C13H19NO6S/c1-4-9(13(15)16)8-14-21(17,18)10-5-6-11(19-2)12(7-10)20-3/h5-7,9,14H,4,8H2,1-3H3,(H,15,16). The van der Waals surface area contributed by atoms with Crippen molar-refractivity contribution in [2.45, 2.75) is 18.2 Å². The van der Waals surface area contributed by atoms with Gasteiger partial charge in [-0.1, -0.05) is 6.92 Å². The maximum Gasteiger partial charge on any atom is 0.307 e. The van der Waals surface area contributed by atoms with Crippen LogP contribution in [0.5, 0.6) is 11.5 Å². The number of rotatable bonds is 8. The first-order valence-corrected chi connectivity index (χ1v) is 7.78. The van der Waals surface area contributed by atoms with Gasteiger partial charge in [0.05, 0.1) is 25.0 Å². The molecule has 8 heteroatoms. The van der Waals surface area contributed by atoms with Gasteiger partial charge in [0, 0.05) is 12.6 Å². The maximum atomic E-state index is 12.1. The highest BCUT2D eigenvalue weighted by molar-refractivity contribution is 7.89. The van der Waals surface area contributed by atoms with Crippen LogP contribution in [0.15, 0.2) is 23.1 Å². The van der Waals surface area contributed by atoms with E-state index in [9.17, 15) is 13.2 Å².